The van der Waals surface area contributed by atoms with Gasteiger partial charge in [-0.3, -0.25) is 9.80 Å². The Bertz CT molecular complexity index is 244. The predicted octanol–water partition coefficient (Wildman–Crippen LogP) is 0.273. The van der Waals surface area contributed by atoms with Crippen molar-refractivity contribution < 1.29 is 4.74 Å². The maximum absolute atomic E-state index is 6.02. The number of hydrogen-bond acceptors (Lipinski definition) is 4. The van der Waals surface area contributed by atoms with E-state index in [1.165, 1.54) is 38.8 Å². The van der Waals surface area contributed by atoms with Crippen LogP contribution >= 0.6 is 0 Å². The molecular formula is C13H25N3O. The van der Waals surface area contributed by atoms with Crippen LogP contribution in [0.4, 0.5) is 0 Å². The van der Waals surface area contributed by atoms with Crippen molar-refractivity contribution in [3.63, 3.8) is 0 Å². The van der Waals surface area contributed by atoms with Crippen molar-refractivity contribution in [2.45, 2.75) is 43.8 Å². The number of rotatable bonds is 2. The third kappa shape index (κ3) is 2.65. The molecule has 0 aromatic carbocycles. The van der Waals surface area contributed by atoms with Gasteiger partial charge in [0.2, 0.25) is 0 Å². The van der Waals surface area contributed by atoms with Gasteiger partial charge in [-0.05, 0) is 25.7 Å². The van der Waals surface area contributed by atoms with Crippen molar-refractivity contribution in [1.82, 2.24) is 9.80 Å². The van der Waals surface area contributed by atoms with E-state index in [2.05, 4.69) is 9.80 Å². The van der Waals surface area contributed by atoms with E-state index in [1.54, 1.807) is 0 Å². The van der Waals surface area contributed by atoms with Crippen LogP contribution in [-0.4, -0.2) is 67.3 Å². The summed E-state index contributed by atoms with van der Waals surface area (Å²) in [5.74, 6) is 0. The first-order valence-electron chi connectivity index (χ1n) is 7.14. The van der Waals surface area contributed by atoms with Crippen LogP contribution < -0.4 is 5.73 Å². The molecule has 0 bridgehead atoms. The summed E-state index contributed by atoms with van der Waals surface area (Å²) in [6, 6.07) is 2.01. The molecule has 3 unspecified atom stereocenters. The number of hydrogen-bond donors (Lipinski definition) is 1. The molecule has 0 aromatic heterocycles. The number of ether oxygens (including phenoxy) is 1. The second-order valence-electron chi connectivity index (χ2n) is 5.81. The number of nitrogens with two attached hydrogens (primary N) is 1. The molecule has 1 saturated carbocycles. The summed E-state index contributed by atoms with van der Waals surface area (Å²) in [7, 11) is 0. The first kappa shape index (κ1) is 11.9. The molecule has 98 valence electrons. The SMILES string of the molecule is NC1CCC(N2CCC(N3CCOCC3)C2)C1. The Morgan fingerprint density at radius 3 is 2.41 bits per heavy atom. The fraction of sp³-hybridized carbons (Fsp3) is 1.00. The lowest BCUT2D eigenvalue weighted by Gasteiger charge is -2.33. The molecule has 0 amide bonds. The van der Waals surface area contributed by atoms with Crippen LogP contribution in [0.2, 0.25) is 0 Å². The fourth-order valence-electron chi connectivity index (χ4n) is 3.66. The van der Waals surface area contributed by atoms with Gasteiger partial charge >= 0.3 is 0 Å². The quantitative estimate of drug-likeness (QED) is 0.751. The highest BCUT2D eigenvalue weighted by molar-refractivity contribution is 4.92. The van der Waals surface area contributed by atoms with Crippen LogP contribution in [0.1, 0.15) is 25.7 Å². The van der Waals surface area contributed by atoms with Crippen LogP contribution in [0.15, 0.2) is 0 Å². The molecule has 0 aromatic rings. The smallest absolute Gasteiger partial charge is 0.0594 e. The van der Waals surface area contributed by atoms with E-state index < -0.39 is 0 Å². The Morgan fingerprint density at radius 2 is 1.71 bits per heavy atom. The molecule has 0 radical (unpaired) electrons. The Hall–Kier alpha value is -0.160. The molecule has 2 heterocycles. The molecule has 3 aliphatic rings. The highest BCUT2D eigenvalue weighted by Gasteiger charge is 2.34. The summed E-state index contributed by atoms with van der Waals surface area (Å²) < 4.78 is 5.43. The molecule has 3 rings (SSSR count). The van der Waals surface area contributed by atoms with Gasteiger partial charge in [-0.1, -0.05) is 0 Å². The van der Waals surface area contributed by atoms with Crippen LogP contribution in [0.25, 0.3) is 0 Å². The Kier molecular flexibility index (Phi) is 3.66. The number of morpholine rings is 1. The zero-order valence-corrected chi connectivity index (χ0v) is 10.7. The normalized spacial score (nSPS) is 41.1. The first-order valence-corrected chi connectivity index (χ1v) is 7.14. The van der Waals surface area contributed by atoms with Gasteiger partial charge in [0.1, 0.15) is 0 Å². The average Bonchev–Trinajstić information content (AvgIpc) is 2.98. The minimum absolute atomic E-state index is 0.461. The summed E-state index contributed by atoms with van der Waals surface area (Å²) in [6.45, 7) is 6.64. The van der Waals surface area contributed by atoms with Gasteiger partial charge in [0.05, 0.1) is 13.2 Å². The lowest BCUT2D eigenvalue weighted by molar-refractivity contribution is 0.0176. The largest absolute Gasteiger partial charge is 0.379 e. The molecule has 2 aliphatic heterocycles. The summed E-state index contributed by atoms with van der Waals surface area (Å²) in [4.78, 5) is 5.31. The molecule has 3 atom stereocenters. The van der Waals surface area contributed by atoms with Gasteiger partial charge in [0, 0.05) is 44.3 Å². The predicted molar refractivity (Wildman–Crippen MR) is 68.0 cm³/mol. The summed E-state index contributed by atoms with van der Waals surface area (Å²) in [6.07, 6.45) is 5.10. The Balaban J connectivity index is 1.51. The summed E-state index contributed by atoms with van der Waals surface area (Å²) in [5, 5.41) is 0. The van der Waals surface area contributed by atoms with Crippen molar-refractivity contribution in [3.8, 4) is 0 Å². The minimum Gasteiger partial charge on any atom is -0.379 e. The molecule has 2 N–H and O–H groups in total. The van der Waals surface area contributed by atoms with E-state index in [0.29, 0.717) is 6.04 Å². The maximum Gasteiger partial charge on any atom is 0.0594 e. The lowest BCUT2D eigenvalue weighted by atomic mass is 10.2. The maximum atomic E-state index is 6.02. The highest BCUT2D eigenvalue weighted by Crippen LogP contribution is 2.27. The Morgan fingerprint density at radius 1 is 0.882 bits per heavy atom. The molecule has 1 aliphatic carbocycles. The van der Waals surface area contributed by atoms with Gasteiger partial charge in [-0.15, -0.1) is 0 Å². The molecule has 3 fully saturated rings. The molecule has 4 nitrogen and oxygen atoms in total. The van der Waals surface area contributed by atoms with Gasteiger partial charge in [-0.25, -0.2) is 0 Å². The molecule has 2 saturated heterocycles. The summed E-state index contributed by atoms with van der Waals surface area (Å²) >= 11 is 0. The number of likely N-dealkylation sites (tertiary alicyclic amines) is 1. The van der Waals surface area contributed by atoms with Crippen LogP contribution in [0.3, 0.4) is 0 Å². The number of nitrogens with zero attached hydrogens (tertiary/aromatic N) is 2. The first-order chi connectivity index (χ1) is 8.33. The van der Waals surface area contributed by atoms with Gasteiger partial charge < -0.3 is 10.5 Å². The van der Waals surface area contributed by atoms with Gasteiger partial charge in [-0.2, -0.15) is 0 Å². The lowest BCUT2D eigenvalue weighted by Crippen LogP contribution is -2.45. The van der Waals surface area contributed by atoms with E-state index in [-0.39, 0.29) is 0 Å². The second-order valence-corrected chi connectivity index (χ2v) is 5.81. The Labute approximate surface area is 104 Å². The van der Waals surface area contributed by atoms with E-state index in [4.69, 9.17) is 10.5 Å². The minimum atomic E-state index is 0.461. The van der Waals surface area contributed by atoms with Gasteiger partial charge in [0.15, 0.2) is 0 Å². The van der Waals surface area contributed by atoms with Crippen molar-refractivity contribution in [2.24, 2.45) is 5.73 Å². The van der Waals surface area contributed by atoms with Gasteiger partial charge in [0.25, 0.3) is 0 Å². The second kappa shape index (κ2) is 5.22. The van der Waals surface area contributed by atoms with Crippen molar-refractivity contribution in [1.29, 1.82) is 0 Å². The topological polar surface area (TPSA) is 41.7 Å². The molecular weight excluding hydrogens is 214 g/mol. The third-order valence-corrected chi connectivity index (χ3v) is 4.72. The van der Waals surface area contributed by atoms with Crippen molar-refractivity contribution >= 4 is 0 Å². The standard InChI is InChI=1S/C13H25N3O/c14-11-1-2-12(9-11)16-4-3-13(10-16)15-5-7-17-8-6-15/h11-13H,1-10,14H2. The van der Waals surface area contributed by atoms with E-state index in [9.17, 15) is 0 Å². The average molecular weight is 239 g/mol. The fourth-order valence-corrected chi connectivity index (χ4v) is 3.66. The highest BCUT2D eigenvalue weighted by atomic mass is 16.5. The molecule has 4 heteroatoms. The third-order valence-electron chi connectivity index (χ3n) is 4.72. The van der Waals surface area contributed by atoms with Crippen molar-refractivity contribution in [2.75, 3.05) is 39.4 Å². The van der Waals surface area contributed by atoms with E-state index in [0.717, 1.165) is 38.4 Å². The molecule has 0 spiro atoms. The van der Waals surface area contributed by atoms with Crippen molar-refractivity contribution in [3.05, 3.63) is 0 Å². The molecule has 17 heavy (non-hydrogen) atoms. The van der Waals surface area contributed by atoms with E-state index in [1.807, 2.05) is 0 Å². The van der Waals surface area contributed by atoms with E-state index >= 15 is 0 Å². The zero-order chi connectivity index (χ0) is 11.7. The monoisotopic (exact) mass is 239 g/mol. The summed E-state index contributed by atoms with van der Waals surface area (Å²) in [5.41, 5.74) is 6.02. The van der Waals surface area contributed by atoms with Crippen LogP contribution in [-0.2, 0) is 4.74 Å². The van der Waals surface area contributed by atoms with Crippen LogP contribution in [0, 0.1) is 0 Å². The van der Waals surface area contributed by atoms with Crippen LogP contribution in [0.5, 0.6) is 0 Å². The zero-order valence-electron chi connectivity index (χ0n) is 10.7.